The van der Waals surface area contributed by atoms with Gasteiger partial charge >= 0.3 is 6.09 Å². The number of aromatic nitrogens is 2. The molecule has 0 radical (unpaired) electrons. The largest absolute Gasteiger partial charge is 0.472 e. The molecule has 8 nitrogen and oxygen atoms in total. The molecule has 8 heteroatoms. The molecule has 0 aliphatic carbocycles. The second-order valence-corrected chi connectivity index (χ2v) is 6.15. The van der Waals surface area contributed by atoms with Crippen LogP contribution in [0.15, 0.2) is 51.8 Å². The lowest BCUT2D eigenvalue weighted by molar-refractivity contribution is 0.101. The molecule has 134 valence electrons. The first-order valence-electron chi connectivity index (χ1n) is 8.35. The maximum atomic E-state index is 11.0. The average Bonchev–Trinajstić information content (AvgIpc) is 3.34. The smallest absolute Gasteiger partial charge is 0.407 e. The van der Waals surface area contributed by atoms with Crippen LogP contribution >= 0.6 is 0 Å². The Hall–Kier alpha value is -3.13. The molecule has 4 rings (SSSR count). The number of benzene rings is 1. The third-order valence-corrected chi connectivity index (χ3v) is 4.44. The number of amides is 1. The van der Waals surface area contributed by atoms with E-state index in [4.69, 9.17) is 14.0 Å². The molecule has 3 aromatic rings. The van der Waals surface area contributed by atoms with Crippen LogP contribution in [0.1, 0.15) is 5.82 Å². The summed E-state index contributed by atoms with van der Waals surface area (Å²) in [7, 11) is 0. The second kappa shape index (κ2) is 7.01. The number of hydrogen-bond donors (Lipinski definition) is 1. The molecule has 0 unspecified atom stereocenters. The van der Waals surface area contributed by atoms with Crippen molar-refractivity contribution in [1.82, 2.24) is 19.9 Å². The molecule has 0 saturated carbocycles. The summed E-state index contributed by atoms with van der Waals surface area (Å²) >= 11 is 0. The van der Waals surface area contributed by atoms with Gasteiger partial charge in [0, 0.05) is 37.3 Å². The SMILES string of the molecule is O=C(O)N1CCN(Cc2noc(-c3cccc(-c4ccoc4)c3)n2)CC1. The fraction of sp³-hybridized carbons (Fsp3) is 0.278. The maximum Gasteiger partial charge on any atom is 0.407 e. The third kappa shape index (κ3) is 3.45. The number of furan rings is 1. The van der Waals surface area contributed by atoms with E-state index >= 15 is 0 Å². The first-order chi connectivity index (χ1) is 12.7. The van der Waals surface area contributed by atoms with E-state index in [0.29, 0.717) is 44.4 Å². The Morgan fingerprint density at radius 3 is 2.65 bits per heavy atom. The van der Waals surface area contributed by atoms with Crippen molar-refractivity contribution in [3.63, 3.8) is 0 Å². The Morgan fingerprint density at radius 1 is 1.12 bits per heavy atom. The number of piperazine rings is 1. The summed E-state index contributed by atoms with van der Waals surface area (Å²) in [5, 5.41) is 13.1. The minimum Gasteiger partial charge on any atom is -0.472 e. The van der Waals surface area contributed by atoms with Crippen LogP contribution in [0.5, 0.6) is 0 Å². The normalized spacial score (nSPS) is 15.3. The van der Waals surface area contributed by atoms with E-state index in [2.05, 4.69) is 15.0 Å². The van der Waals surface area contributed by atoms with Gasteiger partial charge in [-0.25, -0.2) is 4.79 Å². The van der Waals surface area contributed by atoms with Crippen molar-refractivity contribution in [2.45, 2.75) is 6.54 Å². The van der Waals surface area contributed by atoms with Crippen molar-refractivity contribution in [3.05, 3.63) is 48.7 Å². The number of hydrogen-bond acceptors (Lipinski definition) is 6. The molecular formula is C18H18N4O4. The van der Waals surface area contributed by atoms with Crippen molar-refractivity contribution in [1.29, 1.82) is 0 Å². The molecule has 1 aliphatic rings. The van der Waals surface area contributed by atoms with Crippen molar-refractivity contribution in [2.24, 2.45) is 0 Å². The summed E-state index contributed by atoms with van der Waals surface area (Å²) in [6.45, 7) is 2.84. The Morgan fingerprint density at radius 2 is 1.92 bits per heavy atom. The maximum absolute atomic E-state index is 11.0. The highest BCUT2D eigenvalue weighted by Gasteiger charge is 2.21. The van der Waals surface area contributed by atoms with Gasteiger partial charge in [0.2, 0.25) is 0 Å². The summed E-state index contributed by atoms with van der Waals surface area (Å²) in [6, 6.07) is 9.73. The molecule has 2 aromatic heterocycles. The predicted octanol–water partition coefficient (Wildman–Crippen LogP) is 2.79. The number of carboxylic acid groups (broad SMARTS) is 1. The summed E-state index contributed by atoms with van der Waals surface area (Å²) in [6.07, 6.45) is 2.45. The summed E-state index contributed by atoms with van der Waals surface area (Å²) in [4.78, 5) is 19.0. The summed E-state index contributed by atoms with van der Waals surface area (Å²) < 4.78 is 10.5. The Labute approximate surface area is 149 Å². The quantitative estimate of drug-likeness (QED) is 0.769. The molecule has 1 aliphatic heterocycles. The predicted molar refractivity (Wildman–Crippen MR) is 92.3 cm³/mol. The van der Waals surface area contributed by atoms with Crippen LogP contribution in [-0.4, -0.2) is 57.3 Å². The van der Waals surface area contributed by atoms with Crippen molar-refractivity contribution < 1.29 is 18.8 Å². The van der Waals surface area contributed by atoms with E-state index in [-0.39, 0.29) is 0 Å². The lowest BCUT2D eigenvalue weighted by atomic mass is 10.1. The lowest BCUT2D eigenvalue weighted by Crippen LogP contribution is -2.47. The molecular weight excluding hydrogens is 336 g/mol. The zero-order valence-corrected chi connectivity index (χ0v) is 14.0. The van der Waals surface area contributed by atoms with E-state index in [1.165, 1.54) is 4.90 Å². The van der Waals surface area contributed by atoms with Gasteiger partial charge in [0.1, 0.15) is 0 Å². The number of nitrogens with zero attached hydrogens (tertiary/aromatic N) is 4. The number of carbonyl (C=O) groups is 1. The molecule has 1 aromatic carbocycles. The van der Waals surface area contributed by atoms with Gasteiger partial charge in [-0.3, -0.25) is 4.90 Å². The second-order valence-electron chi connectivity index (χ2n) is 6.15. The van der Waals surface area contributed by atoms with Gasteiger partial charge in [0.15, 0.2) is 5.82 Å². The van der Waals surface area contributed by atoms with E-state index < -0.39 is 6.09 Å². The van der Waals surface area contributed by atoms with Crippen LogP contribution < -0.4 is 0 Å². The average molecular weight is 354 g/mol. The Bertz CT molecular complexity index is 882. The molecule has 0 bridgehead atoms. The van der Waals surface area contributed by atoms with Gasteiger partial charge in [-0.15, -0.1) is 0 Å². The molecule has 0 atom stereocenters. The molecule has 1 saturated heterocycles. The van der Waals surface area contributed by atoms with E-state index in [1.54, 1.807) is 12.5 Å². The zero-order chi connectivity index (χ0) is 17.9. The molecule has 1 fully saturated rings. The number of rotatable bonds is 4. The molecule has 3 heterocycles. The van der Waals surface area contributed by atoms with Crippen molar-refractivity contribution >= 4 is 6.09 Å². The highest BCUT2D eigenvalue weighted by atomic mass is 16.5. The highest BCUT2D eigenvalue weighted by Crippen LogP contribution is 2.25. The van der Waals surface area contributed by atoms with E-state index in [9.17, 15) is 4.79 Å². The van der Waals surface area contributed by atoms with E-state index in [1.807, 2.05) is 30.3 Å². The fourth-order valence-electron chi connectivity index (χ4n) is 2.99. The standard InChI is InChI=1S/C18H18N4O4/c23-18(24)22-7-5-21(6-8-22)11-16-19-17(26-20-16)14-3-1-2-13(10-14)15-4-9-25-12-15/h1-4,9-10,12H,5-8,11H2,(H,23,24). The van der Waals surface area contributed by atoms with Crippen LogP contribution in [0.25, 0.3) is 22.6 Å². The van der Waals surface area contributed by atoms with Gasteiger partial charge in [-0.1, -0.05) is 17.3 Å². The van der Waals surface area contributed by atoms with Crippen molar-refractivity contribution in [3.8, 4) is 22.6 Å². The third-order valence-electron chi connectivity index (χ3n) is 4.44. The monoisotopic (exact) mass is 354 g/mol. The van der Waals surface area contributed by atoms with Crippen LogP contribution in [0.4, 0.5) is 4.79 Å². The topological polar surface area (TPSA) is 95.8 Å². The Kier molecular flexibility index (Phi) is 4.40. The zero-order valence-electron chi connectivity index (χ0n) is 14.0. The molecule has 1 amide bonds. The van der Waals surface area contributed by atoms with Gasteiger partial charge in [-0.2, -0.15) is 4.98 Å². The summed E-state index contributed by atoms with van der Waals surface area (Å²) in [5.41, 5.74) is 2.85. The van der Waals surface area contributed by atoms with Crippen LogP contribution in [0.2, 0.25) is 0 Å². The molecule has 26 heavy (non-hydrogen) atoms. The molecule has 0 spiro atoms. The van der Waals surface area contributed by atoms with Gasteiger partial charge in [0.05, 0.1) is 19.1 Å². The summed E-state index contributed by atoms with van der Waals surface area (Å²) in [5.74, 6) is 1.06. The molecule has 1 N–H and O–H groups in total. The van der Waals surface area contributed by atoms with Crippen LogP contribution in [-0.2, 0) is 6.54 Å². The minimum atomic E-state index is -0.871. The first kappa shape index (κ1) is 16.3. The minimum absolute atomic E-state index is 0.467. The van der Waals surface area contributed by atoms with Gasteiger partial charge in [0.25, 0.3) is 5.89 Å². The highest BCUT2D eigenvalue weighted by molar-refractivity contribution is 5.68. The first-order valence-corrected chi connectivity index (χ1v) is 8.35. The van der Waals surface area contributed by atoms with Crippen molar-refractivity contribution in [2.75, 3.05) is 26.2 Å². The van der Waals surface area contributed by atoms with E-state index in [0.717, 1.165) is 16.7 Å². The fourth-order valence-corrected chi connectivity index (χ4v) is 2.99. The van der Waals surface area contributed by atoms with Gasteiger partial charge in [-0.05, 0) is 23.8 Å². The lowest BCUT2D eigenvalue weighted by Gasteiger charge is -2.32. The Balaban J connectivity index is 1.44. The van der Waals surface area contributed by atoms with Crippen LogP contribution in [0, 0.1) is 0 Å². The van der Waals surface area contributed by atoms with Crippen LogP contribution in [0.3, 0.4) is 0 Å². The van der Waals surface area contributed by atoms with Gasteiger partial charge < -0.3 is 18.9 Å².